The number of hydrogen-bond donors (Lipinski definition) is 1. The van der Waals surface area contributed by atoms with Gasteiger partial charge in [0.2, 0.25) is 0 Å². The summed E-state index contributed by atoms with van der Waals surface area (Å²) in [5, 5.41) is 2.81. The average Bonchev–Trinajstić information content (AvgIpc) is 2.25. The Morgan fingerprint density at radius 2 is 1.94 bits per heavy atom. The number of para-hydroxylation sites is 1. The number of benzene rings is 1. The van der Waals surface area contributed by atoms with E-state index in [0.29, 0.717) is 13.2 Å². The molecule has 0 amide bonds. The van der Waals surface area contributed by atoms with Crippen molar-refractivity contribution in [3.63, 3.8) is 0 Å². The lowest BCUT2D eigenvalue weighted by atomic mass is 10.1. The summed E-state index contributed by atoms with van der Waals surface area (Å²) >= 11 is 0. The fourth-order valence-corrected chi connectivity index (χ4v) is 1.46. The molecule has 1 aromatic carbocycles. The van der Waals surface area contributed by atoms with E-state index in [1.807, 2.05) is 6.92 Å². The van der Waals surface area contributed by atoms with Crippen LogP contribution in [0.3, 0.4) is 0 Å². The van der Waals surface area contributed by atoms with Crippen molar-refractivity contribution in [2.24, 2.45) is 0 Å². The molecule has 96 valence electrons. The monoisotopic (exact) mass is 247 g/mol. The number of anilines is 1. The summed E-state index contributed by atoms with van der Waals surface area (Å²) in [5.41, 5.74) is -0.560. The highest BCUT2D eigenvalue weighted by Crippen LogP contribution is 2.34. The summed E-state index contributed by atoms with van der Waals surface area (Å²) in [6.45, 7) is 4.55. The quantitative estimate of drug-likeness (QED) is 0.859. The zero-order chi connectivity index (χ0) is 12.9. The molecule has 0 aromatic heterocycles. The average molecular weight is 247 g/mol. The van der Waals surface area contributed by atoms with Crippen molar-refractivity contribution in [1.29, 1.82) is 0 Å². The maximum Gasteiger partial charge on any atom is 0.418 e. The van der Waals surface area contributed by atoms with Crippen LogP contribution in [0.15, 0.2) is 24.3 Å². The number of alkyl halides is 3. The maximum atomic E-state index is 12.7. The highest BCUT2D eigenvalue weighted by atomic mass is 19.4. The Kier molecular flexibility index (Phi) is 4.81. The molecule has 5 heteroatoms. The van der Waals surface area contributed by atoms with Crippen LogP contribution in [0.4, 0.5) is 18.9 Å². The predicted octanol–water partition coefficient (Wildman–Crippen LogP) is 3.54. The molecule has 0 spiro atoms. The molecular formula is C12H16F3NO. The predicted molar refractivity (Wildman–Crippen MR) is 61.0 cm³/mol. The zero-order valence-corrected chi connectivity index (χ0v) is 9.84. The van der Waals surface area contributed by atoms with Crippen LogP contribution >= 0.6 is 0 Å². The molecule has 0 radical (unpaired) electrons. The van der Waals surface area contributed by atoms with Gasteiger partial charge in [0.25, 0.3) is 0 Å². The van der Waals surface area contributed by atoms with E-state index < -0.39 is 11.7 Å². The summed E-state index contributed by atoms with van der Waals surface area (Å²) in [6.07, 6.45) is -4.34. The van der Waals surface area contributed by atoms with Crippen molar-refractivity contribution in [2.75, 3.05) is 18.5 Å². The molecule has 17 heavy (non-hydrogen) atoms. The lowest BCUT2D eigenvalue weighted by Gasteiger charge is -2.19. The van der Waals surface area contributed by atoms with Gasteiger partial charge in [-0.3, -0.25) is 0 Å². The van der Waals surface area contributed by atoms with E-state index in [4.69, 9.17) is 4.74 Å². The fourth-order valence-electron chi connectivity index (χ4n) is 1.46. The highest BCUT2D eigenvalue weighted by Gasteiger charge is 2.33. The second kappa shape index (κ2) is 5.91. The van der Waals surface area contributed by atoms with Crippen LogP contribution in [-0.4, -0.2) is 19.3 Å². The second-order valence-electron chi connectivity index (χ2n) is 3.75. The van der Waals surface area contributed by atoms with Gasteiger partial charge in [0, 0.05) is 18.3 Å². The Morgan fingerprint density at radius 3 is 2.53 bits per heavy atom. The molecule has 1 N–H and O–H groups in total. The van der Waals surface area contributed by atoms with Gasteiger partial charge >= 0.3 is 6.18 Å². The summed E-state index contributed by atoms with van der Waals surface area (Å²) in [4.78, 5) is 0. The number of hydrogen-bond acceptors (Lipinski definition) is 2. The van der Waals surface area contributed by atoms with E-state index in [-0.39, 0.29) is 11.7 Å². The van der Waals surface area contributed by atoms with Gasteiger partial charge in [-0.1, -0.05) is 12.1 Å². The smallest absolute Gasteiger partial charge is 0.380 e. The summed E-state index contributed by atoms with van der Waals surface area (Å²) in [7, 11) is 0. The molecule has 0 bridgehead atoms. The number of ether oxygens (including phenoxy) is 1. The molecule has 0 heterocycles. The maximum absolute atomic E-state index is 12.7. The third-order valence-corrected chi connectivity index (χ3v) is 2.21. The SMILES string of the molecule is CCOCC(C)Nc1ccccc1C(F)(F)F. The van der Waals surface area contributed by atoms with Crippen LogP contribution in [0.2, 0.25) is 0 Å². The van der Waals surface area contributed by atoms with Gasteiger partial charge in [0.15, 0.2) is 0 Å². The van der Waals surface area contributed by atoms with Crippen molar-refractivity contribution >= 4 is 5.69 Å². The van der Waals surface area contributed by atoms with Crippen LogP contribution in [0.1, 0.15) is 19.4 Å². The lowest BCUT2D eigenvalue weighted by Crippen LogP contribution is -2.23. The van der Waals surface area contributed by atoms with Crippen LogP contribution in [-0.2, 0) is 10.9 Å². The van der Waals surface area contributed by atoms with Gasteiger partial charge in [-0.15, -0.1) is 0 Å². The van der Waals surface area contributed by atoms with Crippen LogP contribution in [0.5, 0.6) is 0 Å². The van der Waals surface area contributed by atoms with Gasteiger partial charge in [0.05, 0.1) is 12.2 Å². The second-order valence-corrected chi connectivity index (χ2v) is 3.75. The van der Waals surface area contributed by atoms with Crippen LogP contribution in [0.25, 0.3) is 0 Å². The third-order valence-electron chi connectivity index (χ3n) is 2.21. The zero-order valence-electron chi connectivity index (χ0n) is 9.84. The highest BCUT2D eigenvalue weighted by molar-refractivity contribution is 5.53. The first-order chi connectivity index (χ1) is 7.95. The largest absolute Gasteiger partial charge is 0.418 e. The number of rotatable bonds is 5. The van der Waals surface area contributed by atoms with E-state index in [0.717, 1.165) is 6.07 Å². The van der Waals surface area contributed by atoms with Crippen molar-refractivity contribution in [2.45, 2.75) is 26.1 Å². The molecule has 0 aliphatic heterocycles. The topological polar surface area (TPSA) is 21.3 Å². The van der Waals surface area contributed by atoms with E-state index in [1.54, 1.807) is 13.0 Å². The van der Waals surface area contributed by atoms with E-state index >= 15 is 0 Å². The van der Waals surface area contributed by atoms with Crippen molar-refractivity contribution in [3.05, 3.63) is 29.8 Å². The number of nitrogens with one attached hydrogen (secondary N) is 1. The van der Waals surface area contributed by atoms with Crippen molar-refractivity contribution in [1.82, 2.24) is 0 Å². The van der Waals surface area contributed by atoms with Crippen LogP contribution < -0.4 is 5.32 Å². The van der Waals surface area contributed by atoms with Gasteiger partial charge in [0.1, 0.15) is 0 Å². The molecule has 2 nitrogen and oxygen atoms in total. The minimum atomic E-state index is -4.34. The van der Waals surface area contributed by atoms with E-state index in [1.165, 1.54) is 12.1 Å². The Labute approximate surface area is 98.8 Å². The molecule has 0 aliphatic rings. The minimum Gasteiger partial charge on any atom is -0.380 e. The van der Waals surface area contributed by atoms with Gasteiger partial charge < -0.3 is 10.1 Å². The van der Waals surface area contributed by atoms with E-state index in [2.05, 4.69) is 5.32 Å². The normalized spacial score (nSPS) is 13.5. The first kappa shape index (κ1) is 13.8. The summed E-state index contributed by atoms with van der Waals surface area (Å²) in [5.74, 6) is 0. The lowest BCUT2D eigenvalue weighted by molar-refractivity contribution is -0.137. The Bertz CT molecular complexity index is 352. The van der Waals surface area contributed by atoms with Gasteiger partial charge in [-0.25, -0.2) is 0 Å². The van der Waals surface area contributed by atoms with E-state index in [9.17, 15) is 13.2 Å². The molecule has 1 unspecified atom stereocenters. The first-order valence-corrected chi connectivity index (χ1v) is 5.45. The third kappa shape index (κ3) is 4.26. The summed E-state index contributed by atoms with van der Waals surface area (Å²) in [6, 6.07) is 5.27. The molecule has 1 rings (SSSR count). The minimum absolute atomic E-state index is 0.0900. The molecular weight excluding hydrogens is 231 g/mol. The molecule has 1 aromatic rings. The van der Waals surface area contributed by atoms with Crippen LogP contribution in [0, 0.1) is 0 Å². The molecule has 0 saturated carbocycles. The summed E-state index contributed by atoms with van der Waals surface area (Å²) < 4.78 is 43.2. The fraction of sp³-hybridized carbons (Fsp3) is 0.500. The van der Waals surface area contributed by atoms with Gasteiger partial charge in [-0.2, -0.15) is 13.2 Å². The van der Waals surface area contributed by atoms with Crippen molar-refractivity contribution < 1.29 is 17.9 Å². The molecule has 0 aliphatic carbocycles. The van der Waals surface area contributed by atoms with Gasteiger partial charge in [-0.05, 0) is 26.0 Å². The number of halogens is 3. The molecule has 0 fully saturated rings. The Hall–Kier alpha value is -1.23. The Morgan fingerprint density at radius 1 is 1.29 bits per heavy atom. The molecule has 0 saturated heterocycles. The first-order valence-electron chi connectivity index (χ1n) is 5.45. The Balaban J connectivity index is 2.77. The standard InChI is InChI=1S/C12H16F3NO/c1-3-17-8-9(2)16-11-7-5-4-6-10(11)12(13,14)15/h4-7,9,16H,3,8H2,1-2H3. The van der Waals surface area contributed by atoms with Crippen molar-refractivity contribution in [3.8, 4) is 0 Å². The molecule has 1 atom stereocenters.